The molecule has 1 amide bonds. The van der Waals surface area contributed by atoms with Crippen molar-refractivity contribution in [3.8, 4) is 11.4 Å². The number of piperidine rings is 1. The van der Waals surface area contributed by atoms with Crippen LogP contribution in [0.15, 0.2) is 24.3 Å². The third kappa shape index (κ3) is 3.72. The van der Waals surface area contributed by atoms with Crippen molar-refractivity contribution in [1.82, 2.24) is 25.1 Å². The van der Waals surface area contributed by atoms with Crippen molar-refractivity contribution >= 4 is 5.91 Å². The van der Waals surface area contributed by atoms with Crippen LogP contribution in [-0.2, 0) is 11.3 Å². The van der Waals surface area contributed by atoms with E-state index in [2.05, 4.69) is 29.3 Å². The predicted molar refractivity (Wildman–Crippen MR) is 82.7 cm³/mol. The second kappa shape index (κ2) is 6.44. The van der Waals surface area contributed by atoms with E-state index in [0.717, 1.165) is 19.5 Å². The number of halogens is 1. The summed E-state index contributed by atoms with van der Waals surface area (Å²) in [6, 6.07) is 5.87. The molecule has 0 spiro atoms. The van der Waals surface area contributed by atoms with E-state index in [1.807, 2.05) is 4.90 Å². The first-order valence-electron chi connectivity index (χ1n) is 7.83. The summed E-state index contributed by atoms with van der Waals surface area (Å²) < 4.78 is 12.9. The van der Waals surface area contributed by atoms with Crippen LogP contribution in [0.4, 0.5) is 4.39 Å². The highest BCUT2D eigenvalue weighted by Crippen LogP contribution is 2.21. The van der Waals surface area contributed by atoms with Crippen LogP contribution in [0.25, 0.3) is 11.4 Å². The Morgan fingerprint density at radius 3 is 2.52 bits per heavy atom. The fraction of sp³-hybridized carbons (Fsp3) is 0.500. The number of hydrogen-bond donors (Lipinski definition) is 0. The Morgan fingerprint density at radius 1 is 1.22 bits per heavy atom. The fourth-order valence-corrected chi connectivity index (χ4v) is 3.11. The molecule has 7 heteroatoms. The molecule has 1 aromatic carbocycles. The number of rotatable bonds is 3. The first-order chi connectivity index (χ1) is 11.0. The Morgan fingerprint density at radius 2 is 1.87 bits per heavy atom. The van der Waals surface area contributed by atoms with Gasteiger partial charge in [-0.25, -0.2) is 4.39 Å². The van der Waals surface area contributed by atoms with E-state index >= 15 is 0 Å². The average Bonchev–Trinajstić information content (AvgIpc) is 2.95. The SMILES string of the molecule is C[C@H]1C[C@H](C)CN(C(=O)Cn2nnc(-c3ccc(F)cc3)n2)C1. The molecule has 0 aliphatic carbocycles. The third-order valence-electron chi connectivity index (χ3n) is 4.05. The quantitative estimate of drug-likeness (QED) is 0.868. The standard InChI is InChI=1S/C16H20FN5O/c1-11-7-12(2)9-21(8-11)15(23)10-22-19-16(18-20-22)13-3-5-14(17)6-4-13/h3-6,11-12H,7-10H2,1-2H3/t11-,12-/m0/s1. The molecule has 0 unspecified atom stereocenters. The Bertz CT molecular complexity index is 674. The van der Waals surface area contributed by atoms with Crippen molar-refractivity contribution in [3.63, 3.8) is 0 Å². The Labute approximate surface area is 134 Å². The zero-order chi connectivity index (χ0) is 16.4. The Kier molecular flexibility index (Phi) is 4.36. The Hall–Kier alpha value is -2.31. The molecule has 0 bridgehead atoms. The smallest absolute Gasteiger partial charge is 0.246 e. The van der Waals surface area contributed by atoms with Crippen LogP contribution in [0.1, 0.15) is 20.3 Å². The minimum Gasteiger partial charge on any atom is -0.340 e. The second-order valence-electron chi connectivity index (χ2n) is 6.40. The molecule has 1 aliphatic heterocycles. The van der Waals surface area contributed by atoms with E-state index in [9.17, 15) is 9.18 Å². The van der Waals surface area contributed by atoms with E-state index < -0.39 is 0 Å². The van der Waals surface area contributed by atoms with E-state index in [1.165, 1.54) is 16.9 Å². The van der Waals surface area contributed by atoms with Gasteiger partial charge in [-0.2, -0.15) is 4.80 Å². The van der Waals surface area contributed by atoms with Gasteiger partial charge in [-0.3, -0.25) is 4.79 Å². The van der Waals surface area contributed by atoms with Crippen molar-refractivity contribution in [1.29, 1.82) is 0 Å². The van der Waals surface area contributed by atoms with E-state index in [1.54, 1.807) is 12.1 Å². The summed E-state index contributed by atoms with van der Waals surface area (Å²) in [5.41, 5.74) is 0.672. The molecule has 2 heterocycles. The molecule has 0 saturated carbocycles. The molecule has 0 radical (unpaired) electrons. The zero-order valence-corrected chi connectivity index (χ0v) is 13.3. The molecule has 2 atom stereocenters. The maximum Gasteiger partial charge on any atom is 0.246 e. The van der Waals surface area contributed by atoms with Crippen LogP contribution >= 0.6 is 0 Å². The minimum atomic E-state index is -0.315. The average molecular weight is 317 g/mol. The third-order valence-corrected chi connectivity index (χ3v) is 4.05. The number of aromatic nitrogens is 4. The highest BCUT2D eigenvalue weighted by molar-refractivity contribution is 5.76. The maximum absolute atomic E-state index is 12.9. The molecule has 1 aromatic heterocycles. The fourth-order valence-electron chi connectivity index (χ4n) is 3.11. The molecule has 1 saturated heterocycles. The van der Waals surface area contributed by atoms with Crippen LogP contribution < -0.4 is 0 Å². The molecule has 2 aromatic rings. The molecule has 6 nitrogen and oxygen atoms in total. The summed E-state index contributed by atoms with van der Waals surface area (Å²) in [5.74, 6) is 1.11. The van der Waals surface area contributed by atoms with Gasteiger partial charge in [0.25, 0.3) is 0 Å². The van der Waals surface area contributed by atoms with Gasteiger partial charge in [-0.1, -0.05) is 13.8 Å². The van der Waals surface area contributed by atoms with E-state index in [4.69, 9.17) is 0 Å². The monoisotopic (exact) mass is 317 g/mol. The van der Waals surface area contributed by atoms with Gasteiger partial charge in [-0.05, 0) is 47.7 Å². The van der Waals surface area contributed by atoms with E-state index in [0.29, 0.717) is 23.2 Å². The topological polar surface area (TPSA) is 63.9 Å². The molecule has 23 heavy (non-hydrogen) atoms. The molecule has 1 fully saturated rings. The summed E-state index contributed by atoms with van der Waals surface area (Å²) >= 11 is 0. The van der Waals surface area contributed by atoms with Gasteiger partial charge in [-0.15, -0.1) is 10.2 Å². The number of carbonyl (C=O) groups excluding carboxylic acids is 1. The Balaban J connectivity index is 1.66. The number of nitrogens with zero attached hydrogens (tertiary/aromatic N) is 5. The number of benzene rings is 1. The maximum atomic E-state index is 12.9. The first kappa shape index (κ1) is 15.6. The lowest BCUT2D eigenvalue weighted by molar-refractivity contribution is -0.135. The van der Waals surface area contributed by atoms with Gasteiger partial charge >= 0.3 is 0 Å². The largest absolute Gasteiger partial charge is 0.340 e. The molecule has 3 rings (SSSR count). The predicted octanol–water partition coefficient (Wildman–Crippen LogP) is 1.98. The molecule has 1 aliphatic rings. The van der Waals surface area contributed by atoms with Crippen molar-refractivity contribution in [2.45, 2.75) is 26.8 Å². The number of amides is 1. The van der Waals surface area contributed by atoms with Gasteiger partial charge < -0.3 is 4.90 Å². The van der Waals surface area contributed by atoms with Crippen molar-refractivity contribution in [2.75, 3.05) is 13.1 Å². The number of hydrogen-bond acceptors (Lipinski definition) is 4. The summed E-state index contributed by atoms with van der Waals surface area (Å²) in [5, 5.41) is 12.1. The van der Waals surface area contributed by atoms with Crippen molar-refractivity contribution in [3.05, 3.63) is 30.1 Å². The van der Waals surface area contributed by atoms with Gasteiger partial charge in [0, 0.05) is 18.7 Å². The number of likely N-dealkylation sites (tertiary alicyclic amines) is 1. The van der Waals surface area contributed by atoms with Crippen molar-refractivity contribution < 1.29 is 9.18 Å². The number of tetrazole rings is 1. The zero-order valence-electron chi connectivity index (χ0n) is 13.3. The molecule has 0 N–H and O–H groups in total. The normalized spacial score (nSPS) is 21.4. The van der Waals surface area contributed by atoms with Crippen LogP contribution in [0, 0.1) is 17.7 Å². The second-order valence-corrected chi connectivity index (χ2v) is 6.40. The minimum absolute atomic E-state index is 0.00598. The van der Waals surface area contributed by atoms with Crippen molar-refractivity contribution in [2.24, 2.45) is 11.8 Å². The summed E-state index contributed by atoms with van der Waals surface area (Å²) in [6.45, 7) is 5.96. The van der Waals surface area contributed by atoms with Gasteiger partial charge in [0.1, 0.15) is 12.4 Å². The highest BCUT2D eigenvalue weighted by Gasteiger charge is 2.25. The van der Waals surface area contributed by atoms with Crippen LogP contribution in [0.5, 0.6) is 0 Å². The summed E-state index contributed by atoms with van der Waals surface area (Å²) in [6.07, 6.45) is 1.15. The number of carbonyl (C=O) groups is 1. The lowest BCUT2D eigenvalue weighted by Gasteiger charge is -2.34. The van der Waals surface area contributed by atoms with Crippen LogP contribution in [0.2, 0.25) is 0 Å². The molecular weight excluding hydrogens is 297 g/mol. The first-order valence-corrected chi connectivity index (χ1v) is 7.83. The summed E-state index contributed by atoms with van der Waals surface area (Å²) in [7, 11) is 0. The van der Waals surface area contributed by atoms with Gasteiger partial charge in [0.05, 0.1) is 0 Å². The highest BCUT2D eigenvalue weighted by atomic mass is 19.1. The van der Waals surface area contributed by atoms with Gasteiger partial charge in [0.2, 0.25) is 11.7 Å². The summed E-state index contributed by atoms with van der Waals surface area (Å²) in [4.78, 5) is 15.6. The molecular formula is C16H20FN5O. The van der Waals surface area contributed by atoms with E-state index in [-0.39, 0.29) is 18.3 Å². The van der Waals surface area contributed by atoms with Crippen LogP contribution in [-0.4, -0.2) is 44.1 Å². The van der Waals surface area contributed by atoms with Crippen LogP contribution in [0.3, 0.4) is 0 Å². The van der Waals surface area contributed by atoms with Gasteiger partial charge in [0.15, 0.2) is 0 Å². The molecule has 122 valence electrons. The lowest BCUT2D eigenvalue weighted by Crippen LogP contribution is -2.44. The lowest BCUT2D eigenvalue weighted by atomic mass is 9.92.